The first-order valence-corrected chi connectivity index (χ1v) is 7.67. The van der Waals surface area contributed by atoms with Crippen molar-refractivity contribution in [3.8, 4) is 0 Å². The van der Waals surface area contributed by atoms with Crippen LogP contribution in [0.5, 0.6) is 0 Å². The molecule has 6 heteroatoms. The second-order valence-corrected chi connectivity index (χ2v) is 6.20. The van der Waals surface area contributed by atoms with Crippen molar-refractivity contribution < 1.29 is 0 Å². The van der Waals surface area contributed by atoms with Crippen molar-refractivity contribution in [2.75, 3.05) is 0 Å². The highest BCUT2D eigenvalue weighted by Crippen LogP contribution is 2.26. The van der Waals surface area contributed by atoms with Gasteiger partial charge in [-0.25, -0.2) is 4.98 Å². The molecule has 0 aliphatic rings. The molecule has 0 radical (unpaired) electrons. The van der Waals surface area contributed by atoms with E-state index in [9.17, 15) is 4.79 Å². The first kappa shape index (κ1) is 12.5. The van der Waals surface area contributed by atoms with Gasteiger partial charge in [-0.1, -0.05) is 23.5 Å². The van der Waals surface area contributed by atoms with Gasteiger partial charge in [0.05, 0.1) is 16.3 Å². The number of rotatable bonds is 4. The van der Waals surface area contributed by atoms with E-state index in [1.807, 2.05) is 23.6 Å². The minimum Gasteiger partial charge on any atom is -0.315 e. The number of thiazole rings is 2. The number of hydrogen-bond acceptors (Lipinski definition) is 5. The van der Waals surface area contributed by atoms with Crippen molar-refractivity contribution in [2.45, 2.75) is 19.5 Å². The molecule has 4 nitrogen and oxygen atoms in total. The Balaban J connectivity index is 1.72. The SMILES string of the molecule is CC(NCc1csc(=O)[nH]1)c1nc2ccccc2s1. The minimum atomic E-state index is -0.00978. The molecule has 0 fully saturated rings. The van der Waals surface area contributed by atoms with Crippen LogP contribution in [0.1, 0.15) is 23.7 Å². The molecule has 19 heavy (non-hydrogen) atoms. The standard InChI is InChI=1S/C13H13N3OS2/c1-8(14-6-9-7-18-13(17)15-9)12-16-10-4-2-3-5-11(10)19-12/h2-5,7-8,14H,6H2,1H3,(H,15,17). The lowest BCUT2D eigenvalue weighted by molar-refractivity contribution is 0.567. The first-order valence-electron chi connectivity index (χ1n) is 5.98. The lowest BCUT2D eigenvalue weighted by atomic mass is 10.3. The zero-order valence-electron chi connectivity index (χ0n) is 10.3. The first-order chi connectivity index (χ1) is 9.22. The molecule has 0 spiro atoms. The lowest BCUT2D eigenvalue weighted by Crippen LogP contribution is -2.18. The molecule has 1 unspecified atom stereocenters. The maximum atomic E-state index is 11.0. The van der Waals surface area contributed by atoms with Crippen LogP contribution in [0.2, 0.25) is 0 Å². The van der Waals surface area contributed by atoms with Gasteiger partial charge in [-0.15, -0.1) is 11.3 Å². The molecular weight excluding hydrogens is 278 g/mol. The predicted molar refractivity (Wildman–Crippen MR) is 79.8 cm³/mol. The third kappa shape index (κ3) is 2.75. The van der Waals surface area contributed by atoms with Crippen molar-refractivity contribution in [3.63, 3.8) is 0 Å². The Morgan fingerprint density at radius 1 is 1.42 bits per heavy atom. The number of nitrogens with one attached hydrogen (secondary N) is 2. The number of benzene rings is 1. The summed E-state index contributed by atoms with van der Waals surface area (Å²) in [5, 5.41) is 6.29. The minimum absolute atomic E-state index is 0.00978. The zero-order valence-corrected chi connectivity index (χ0v) is 12.0. The van der Waals surface area contributed by atoms with Gasteiger partial charge in [0.25, 0.3) is 0 Å². The van der Waals surface area contributed by atoms with E-state index in [2.05, 4.69) is 28.3 Å². The molecule has 1 aromatic carbocycles. The Morgan fingerprint density at radius 2 is 2.26 bits per heavy atom. The summed E-state index contributed by atoms with van der Waals surface area (Å²) in [5.74, 6) is 0. The Bertz CT molecular complexity index is 710. The van der Waals surface area contributed by atoms with E-state index < -0.39 is 0 Å². The largest absolute Gasteiger partial charge is 0.315 e. The molecule has 1 atom stereocenters. The van der Waals surface area contributed by atoms with Gasteiger partial charge < -0.3 is 10.3 Å². The summed E-state index contributed by atoms with van der Waals surface area (Å²) in [7, 11) is 0. The number of hydrogen-bond donors (Lipinski definition) is 2. The average molecular weight is 291 g/mol. The number of aromatic amines is 1. The van der Waals surface area contributed by atoms with Crippen LogP contribution in [0, 0.1) is 0 Å². The number of aromatic nitrogens is 2. The predicted octanol–water partition coefficient (Wildman–Crippen LogP) is 2.90. The van der Waals surface area contributed by atoms with Crippen LogP contribution in [0.25, 0.3) is 10.2 Å². The van der Waals surface area contributed by atoms with Crippen molar-refractivity contribution in [1.29, 1.82) is 0 Å². The van der Waals surface area contributed by atoms with Gasteiger partial charge in [0.1, 0.15) is 5.01 Å². The second kappa shape index (κ2) is 5.24. The van der Waals surface area contributed by atoms with Crippen LogP contribution in [0.3, 0.4) is 0 Å². The average Bonchev–Trinajstić information content (AvgIpc) is 3.01. The maximum Gasteiger partial charge on any atom is 0.304 e. The Morgan fingerprint density at radius 3 is 3.00 bits per heavy atom. The van der Waals surface area contributed by atoms with Gasteiger partial charge in [-0.3, -0.25) is 4.79 Å². The van der Waals surface area contributed by atoms with Crippen LogP contribution in [0.15, 0.2) is 34.4 Å². The quantitative estimate of drug-likeness (QED) is 0.777. The van der Waals surface area contributed by atoms with Crippen LogP contribution in [-0.2, 0) is 6.54 Å². The molecule has 3 rings (SSSR count). The van der Waals surface area contributed by atoms with Gasteiger partial charge >= 0.3 is 4.87 Å². The molecule has 2 aromatic heterocycles. The molecule has 2 N–H and O–H groups in total. The molecule has 3 aromatic rings. The Labute approximate surface area is 118 Å². The van der Waals surface area contributed by atoms with Crippen LogP contribution in [-0.4, -0.2) is 9.97 Å². The van der Waals surface area contributed by atoms with Crippen molar-refractivity contribution >= 4 is 32.9 Å². The fourth-order valence-electron chi connectivity index (χ4n) is 1.83. The summed E-state index contributed by atoms with van der Waals surface area (Å²) in [5.41, 5.74) is 1.96. The molecule has 0 saturated carbocycles. The fourth-order valence-corrected chi connectivity index (χ4v) is 3.40. The smallest absolute Gasteiger partial charge is 0.304 e. The number of nitrogens with zero attached hydrogens (tertiary/aromatic N) is 1. The second-order valence-electron chi connectivity index (χ2n) is 4.30. The molecular formula is C13H13N3OS2. The molecule has 98 valence electrons. The Hall–Kier alpha value is -1.50. The normalized spacial score (nSPS) is 12.9. The highest BCUT2D eigenvalue weighted by Gasteiger charge is 2.11. The highest BCUT2D eigenvalue weighted by atomic mass is 32.1. The molecule has 0 amide bonds. The summed E-state index contributed by atoms with van der Waals surface area (Å²) in [4.78, 5) is 18.4. The lowest BCUT2D eigenvalue weighted by Gasteiger charge is -2.09. The number of para-hydroxylation sites is 1. The van der Waals surface area contributed by atoms with Gasteiger partial charge in [-0.05, 0) is 19.1 Å². The zero-order chi connectivity index (χ0) is 13.2. The van der Waals surface area contributed by atoms with Crippen molar-refractivity contribution in [2.24, 2.45) is 0 Å². The number of H-pyrrole nitrogens is 1. The monoisotopic (exact) mass is 291 g/mol. The van der Waals surface area contributed by atoms with E-state index in [1.54, 1.807) is 11.3 Å². The topological polar surface area (TPSA) is 57.8 Å². The third-order valence-electron chi connectivity index (χ3n) is 2.85. The van der Waals surface area contributed by atoms with E-state index in [0.717, 1.165) is 16.2 Å². The van der Waals surface area contributed by atoms with Crippen molar-refractivity contribution in [3.05, 3.63) is 50.0 Å². The maximum absolute atomic E-state index is 11.0. The molecule has 0 aliphatic heterocycles. The molecule has 0 bridgehead atoms. The van der Waals surface area contributed by atoms with Gasteiger partial charge in [0.2, 0.25) is 0 Å². The van der Waals surface area contributed by atoms with E-state index in [1.165, 1.54) is 16.0 Å². The van der Waals surface area contributed by atoms with E-state index >= 15 is 0 Å². The van der Waals surface area contributed by atoms with Crippen LogP contribution in [0.4, 0.5) is 0 Å². The van der Waals surface area contributed by atoms with Gasteiger partial charge in [0, 0.05) is 17.6 Å². The Kier molecular flexibility index (Phi) is 3.46. The van der Waals surface area contributed by atoms with E-state index in [-0.39, 0.29) is 10.9 Å². The molecule has 0 aliphatic carbocycles. The van der Waals surface area contributed by atoms with E-state index in [0.29, 0.717) is 6.54 Å². The molecule has 2 heterocycles. The summed E-state index contributed by atoms with van der Waals surface area (Å²) in [6.45, 7) is 2.73. The van der Waals surface area contributed by atoms with Gasteiger partial charge in [-0.2, -0.15) is 0 Å². The summed E-state index contributed by atoms with van der Waals surface area (Å²) in [6.07, 6.45) is 0. The fraction of sp³-hybridized carbons (Fsp3) is 0.231. The van der Waals surface area contributed by atoms with Crippen molar-refractivity contribution in [1.82, 2.24) is 15.3 Å². The number of fused-ring (bicyclic) bond motifs is 1. The van der Waals surface area contributed by atoms with Crippen LogP contribution >= 0.6 is 22.7 Å². The van der Waals surface area contributed by atoms with E-state index in [4.69, 9.17) is 0 Å². The van der Waals surface area contributed by atoms with Crippen LogP contribution < -0.4 is 10.2 Å². The highest BCUT2D eigenvalue weighted by molar-refractivity contribution is 7.18. The summed E-state index contributed by atoms with van der Waals surface area (Å²) in [6, 6.07) is 8.30. The summed E-state index contributed by atoms with van der Waals surface area (Å²) < 4.78 is 1.20. The third-order valence-corrected chi connectivity index (χ3v) is 4.79. The molecule has 0 saturated heterocycles. The van der Waals surface area contributed by atoms with Gasteiger partial charge in [0.15, 0.2) is 0 Å². The summed E-state index contributed by atoms with van der Waals surface area (Å²) >= 11 is 2.89.